The third-order valence-electron chi connectivity index (χ3n) is 4.93. The molecule has 1 aliphatic carbocycles. The molecule has 6 nitrogen and oxygen atoms in total. The van der Waals surface area contributed by atoms with Gasteiger partial charge in [-0.15, -0.1) is 0 Å². The SMILES string of the molecule is CCOC(=O)[C@H]1C[C@@H]2C[C@@H](CC#N)CC[C@@H]2CN1C(=O)OC. The number of nitriles is 1. The lowest BCUT2D eigenvalue weighted by atomic mass is 9.68. The van der Waals surface area contributed by atoms with Crippen molar-refractivity contribution in [2.75, 3.05) is 20.3 Å². The summed E-state index contributed by atoms with van der Waals surface area (Å²) < 4.78 is 9.94. The topological polar surface area (TPSA) is 79.6 Å². The molecular weight excluding hydrogens is 284 g/mol. The number of fused-ring (bicyclic) bond motifs is 1. The Morgan fingerprint density at radius 3 is 2.68 bits per heavy atom. The van der Waals surface area contributed by atoms with Gasteiger partial charge >= 0.3 is 12.1 Å². The number of piperidine rings is 1. The molecule has 0 spiro atoms. The summed E-state index contributed by atoms with van der Waals surface area (Å²) in [5.41, 5.74) is 0. The van der Waals surface area contributed by atoms with Crippen LogP contribution in [-0.2, 0) is 14.3 Å². The monoisotopic (exact) mass is 308 g/mol. The fourth-order valence-corrected chi connectivity index (χ4v) is 3.84. The molecule has 6 heteroatoms. The zero-order valence-corrected chi connectivity index (χ0v) is 13.3. The van der Waals surface area contributed by atoms with Gasteiger partial charge in [0.1, 0.15) is 6.04 Å². The van der Waals surface area contributed by atoms with Gasteiger partial charge in [0.25, 0.3) is 0 Å². The summed E-state index contributed by atoms with van der Waals surface area (Å²) in [7, 11) is 1.33. The van der Waals surface area contributed by atoms with Gasteiger partial charge in [-0.3, -0.25) is 4.90 Å². The van der Waals surface area contributed by atoms with Gasteiger partial charge in [-0.25, -0.2) is 9.59 Å². The Balaban J connectivity index is 2.10. The number of ether oxygens (including phenoxy) is 2. The largest absolute Gasteiger partial charge is 0.464 e. The van der Waals surface area contributed by atoms with Crippen molar-refractivity contribution in [2.24, 2.45) is 17.8 Å². The van der Waals surface area contributed by atoms with Gasteiger partial charge in [0, 0.05) is 13.0 Å². The summed E-state index contributed by atoms with van der Waals surface area (Å²) in [4.78, 5) is 25.7. The second kappa shape index (κ2) is 7.48. The van der Waals surface area contributed by atoms with Crippen molar-refractivity contribution < 1.29 is 19.1 Å². The van der Waals surface area contributed by atoms with Gasteiger partial charge in [-0.05, 0) is 50.4 Å². The van der Waals surface area contributed by atoms with Crippen LogP contribution >= 0.6 is 0 Å². The van der Waals surface area contributed by atoms with Gasteiger partial charge in [0.05, 0.1) is 19.8 Å². The molecule has 122 valence electrons. The highest BCUT2D eigenvalue weighted by Crippen LogP contribution is 2.42. The third-order valence-corrected chi connectivity index (χ3v) is 4.93. The Morgan fingerprint density at radius 2 is 2.05 bits per heavy atom. The van der Waals surface area contributed by atoms with Gasteiger partial charge in [-0.1, -0.05) is 0 Å². The summed E-state index contributed by atoms with van der Waals surface area (Å²) in [6, 6.07) is 1.69. The van der Waals surface area contributed by atoms with Crippen molar-refractivity contribution >= 4 is 12.1 Å². The zero-order chi connectivity index (χ0) is 16.1. The minimum atomic E-state index is -0.561. The van der Waals surface area contributed by atoms with Crippen molar-refractivity contribution in [1.29, 1.82) is 5.26 Å². The van der Waals surface area contributed by atoms with Crippen LogP contribution in [0.3, 0.4) is 0 Å². The van der Waals surface area contributed by atoms with E-state index in [1.54, 1.807) is 6.92 Å². The van der Waals surface area contributed by atoms with Gasteiger partial charge < -0.3 is 9.47 Å². The van der Waals surface area contributed by atoms with Crippen molar-refractivity contribution in [1.82, 2.24) is 4.90 Å². The van der Waals surface area contributed by atoms with Gasteiger partial charge in [-0.2, -0.15) is 5.26 Å². The summed E-state index contributed by atoms with van der Waals surface area (Å²) >= 11 is 0. The number of hydrogen-bond acceptors (Lipinski definition) is 5. The van der Waals surface area contributed by atoms with Crippen LogP contribution in [0.1, 0.15) is 39.0 Å². The van der Waals surface area contributed by atoms with E-state index >= 15 is 0 Å². The average Bonchev–Trinajstić information content (AvgIpc) is 2.53. The first kappa shape index (κ1) is 16.6. The average molecular weight is 308 g/mol. The molecule has 0 unspecified atom stereocenters. The molecule has 0 aromatic rings. The molecule has 2 fully saturated rings. The Labute approximate surface area is 131 Å². The van der Waals surface area contributed by atoms with E-state index < -0.39 is 12.1 Å². The zero-order valence-electron chi connectivity index (χ0n) is 13.3. The van der Waals surface area contributed by atoms with E-state index in [4.69, 9.17) is 14.7 Å². The standard InChI is InChI=1S/C16H24N2O4/c1-3-22-15(19)14-9-13-8-11(6-7-17)4-5-12(13)10-18(14)16(20)21-2/h11-14H,3-6,8-10H2,1-2H3/t11-,12-,13+,14-/m1/s1. The molecule has 2 rings (SSSR count). The van der Waals surface area contributed by atoms with Crippen LogP contribution in [0.25, 0.3) is 0 Å². The van der Waals surface area contributed by atoms with Crippen molar-refractivity contribution in [3.8, 4) is 6.07 Å². The summed E-state index contributed by atoms with van der Waals surface area (Å²) in [5, 5.41) is 8.88. The molecule has 0 bridgehead atoms. The molecule has 2 aliphatic rings. The van der Waals surface area contributed by atoms with Crippen LogP contribution in [-0.4, -0.2) is 43.3 Å². The molecule has 1 amide bonds. The number of rotatable bonds is 3. The van der Waals surface area contributed by atoms with E-state index in [0.717, 1.165) is 19.3 Å². The first-order chi connectivity index (χ1) is 10.6. The number of hydrogen-bond donors (Lipinski definition) is 0. The lowest BCUT2D eigenvalue weighted by molar-refractivity contribution is -0.152. The first-order valence-electron chi connectivity index (χ1n) is 7.98. The number of esters is 1. The van der Waals surface area contributed by atoms with E-state index in [9.17, 15) is 9.59 Å². The van der Waals surface area contributed by atoms with Crippen molar-refractivity contribution in [3.63, 3.8) is 0 Å². The molecule has 0 radical (unpaired) electrons. The Hall–Kier alpha value is -1.77. The molecule has 1 saturated carbocycles. The molecule has 1 saturated heterocycles. The predicted octanol–water partition coefficient (Wildman–Crippen LogP) is 2.34. The van der Waals surface area contributed by atoms with E-state index in [1.165, 1.54) is 12.0 Å². The highest BCUT2D eigenvalue weighted by molar-refractivity contribution is 5.81. The molecular formula is C16H24N2O4. The summed E-state index contributed by atoms with van der Waals surface area (Å²) in [6.45, 7) is 2.60. The first-order valence-corrected chi connectivity index (χ1v) is 7.98. The molecule has 1 heterocycles. The third kappa shape index (κ3) is 3.52. The van der Waals surface area contributed by atoms with Crippen LogP contribution in [0, 0.1) is 29.1 Å². The van der Waals surface area contributed by atoms with Crippen molar-refractivity contribution in [3.05, 3.63) is 0 Å². The molecule has 0 aromatic carbocycles. The maximum Gasteiger partial charge on any atom is 0.410 e. The molecule has 0 N–H and O–H groups in total. The van der Waals surface area contributed by atoms with E-state index in [1.807, 2.05) is 0 Å². The molecule has 22 heavy (non-hydrogen) atoms. The number of likely N-dealkylation sites (tertiary alicyclic amines) is 1. The second-order valence-electron chi connectivity index (χ2n) is 6.19. The number of nitrogens with zero attached hydrogens (tertiary/aromatic N) is 2. The predicted molar refractivity (Wildman–Crippen MR) is 78.7 cm³/mol. The fraction of sp³-hybridized carbons (Fsp3) is 0.812. The van der Waals surface area contributed by atoms with Crippen LogP contribution in [0.15, 0.2) is 0 Å². The number of amides is 1. The van der Waals surface area contributed by atoms with E-state index in [0.29, 0.717) is 43.7 Å². The van der Waals surface area contributed by atoms with Gasteiger partial charge in [0.2, 0.25) is 0 Å². The molecule has 1 aliphatic heterocycles. The Morgan fingerprint density at radius 1 is 1.27 bits per heavy atom. The molecule has 4 atom stereocenters. The quantitative estimate of drug-likeness (QED) is 0.748. The minimum absolute atomic E-state index is 0.301. The van der Waals surface area contributed by atoms with Crippen LogP contribution in [0.4, 0.5) is 4.79 Å². The normalized spacial score (nSPS) is 30.9. The van der Waals surface area contributed by atoms with E-state index in [-0.39, 0.29) is 5.97 Å². The highest BCUT2D eigenvalue weighted by atomic mass is 16.6. The maximum absolute atomic E-state index is 12.2. The number of carbonyl (C=O) groups excluding carboxylic acids is 2. The van der Waals surface area contributed by atoms with Crippen LogP contribution < -0.4 is 0 Å². The highest BCUT2D eigenvalue weighted by Gasteiger charge is 2.44. The Bertz CT molecular complexity index is 460. The van der Waals surface area contributed by atoms with Crippen LogP contribution in [0.5, 0.6) is 0 Å². The summed E-state index contributed by atoms with van der Waals surface area (Å²) in [6.07, 6.45) is 3.71. The Kier molecular flexibility index (Phi) is 5.64. The van der Waals surface area contributed by atoms with E-state index in [2.05, 4.69) is 6.07 Å². The smallest absolute Gasteiger partial charge is 0.410 e. The minimum Gasteiger partial charge on any atom is -0.464 e. The fourth-order valence-electron chi connectivity index (χ4n) is 3.84. The molecule has 0 aromatic heterocycles. The summed E-state index contributed by atoms with van der Waals surface area (Å²) in [5.74, 6) is 0.828. The number of carbonyl (C=O) groups is 2. The second-order valence-corrected chi connectivity index (χ2v) is 6.19. The maximum atomic E-state index is 12.2. The lowest BCUT2D eigenvalue weighted by Crippen LogP contribution is -2.55. The van der Waals surface area contributed by atoms with Crippen LogP contribution in [0.2, 0.25) is 0 Å². The van der Waals surface area contributed by atoms with Crippen molar-refractivity contribution in [2.45, 2.75) is 45.1 Å². The lowest BCUT2D eigenvalue weighted by Gasteiger charge is -2.45. The number of methoxy groups -OCH3 is 1. The van der Waals surface area contributed by atoms with Gasteiger partial charge in [0.15, 0.2) is 0 Å².